The van der Waals surface area contributed by atoms with Gasteiger partial charge in [-0.15, -0.1) is 11.3 Å². The minimum atomic E-state index is 0.0114. The van der Waals surface area contributed by atoms with Crippen LogP contribution in [0.2, 0.25) is 0 Å². The Morgan fingerprint density at radius 3 is 2.48 bits per heavy atom. The number of carbonyl (C=O) groups is 1. The van der Waals surface area contributed by atoms with E-state index in [0.29, 0.717) is 22.4 Å². The van der Waals surface area contributed by atoms with Crippen molar-refractivity contribution in [1.29, 1.82) is 0 Å². The van der Waals surface area contributed by atoms with Crippen LogP contribution < -0.4 is 14.8 Å². The second-order valence-corrected chi connectivity index (χ2v) is 8.27. The maximum Gasteiger partial charge on any atom is 0.228 e. The van der Waals surface area contributed by atoms with Gasteiger partial charge >= 0.3 is 0 Å². The van der Waals surface area contributed by atoms with Gasteiger partial charge in [0.1, 0.15) is 5.82 Å². The normalized spacial score (nSPS) is 11.0. The monoisotopic (exact) mass is 442 g/mol. The topological polar surface area (TPSA) is 78.3 Å². The summed E-state index contributed by atoms with van der Waals surface area (Å²) in [5.74, 6) is 2.02. The van der Waals surface area contributed by atoms with Crippen molar-refractivity contribution in [3.05, 3.63) is 35.3 Å². The molecule has 0 radical (unpaired) electrons. The van der Waals surface area contributed by atoms with Gasteiger partial charge in [0.2, 0.25) is 11.0 Å². The number of hydrogen-bond donors (Lipinski definition) is 1. The van der Waals surface area contributed by atoms with Crippen LogP contribution in [0.15, 0.2) is 29.6 Å². The third-order valence-corrected chi connectivity index (χ3v) is 5.90. The number of hydrogen-bond acceptors (Lipinski definition) is 6. The largest absolute Gasteiger partial charge is 0.493 e. The number of anilines is 1. The molecule has 1 amide bonds. The Kier molecular flexibility index (Phi) is 7.68. The molecule has 0 atom stereocenters. The molecule has 2 heterocycles. The van der Waals surface area contributed by atoms with Gasteiger partial charge in [0.05, 0.1) is 25.6 Å². The smallest absolute Gasteiger partial charge is 0.228 e. The highest BCUT2D eigenvalue weighted by molar-refractivity contribution is 7.12. The molecule has 3 aromatic rings. The quantitative estimate of drug-likeness (QED) is 0.450. The highest BCUT2D eigenvalue weighted by Gasteiger charge is 2.20. The molecule has 166 valence electrons. The summed E-state index contributed by atoms with van der Waals surface area (Å²) < 4.78 is 12.4. The molecule has 31 heavy (non-hydrogen) atoms. The lowest BCUT2D eigenvalue weighted by molar-refractivity contribution is -0.120. The van der Waals surface area contributed by atoms with E-state index in [1.807, 2.05) is 36.6 Å². The molecule has 0 aliphatic rings. The van der Waals surface area contributed by atoms with Crippen molar-refractivity contribution in [2.24, 2.45) is 5.92 Å². The number of thiazole rings is 1. The summed E-state index contributed by atoms with van der Waals surface area (Å²) in [6.07, 6.45) is 3.73. The van der Waals surface area contributed by atoms with E-state index in [4.69, 9.17) is 14.5 Å². The van der Waals surface area contributed by atoms with E-state index in [1.165, 1.54) is 11.3 Å². The fraction of sp³-hybridized carbons (Fsp3) is 0.435. The number of methoxy groups -OCH3 is 2. The minimum absolute atomic E-state index is 0.0114. The van der Waals surface area contributed by atoms with E-state index in [0.717, 1.165) is 42.6 Å². The van der Waals surface area contributed by atoms with E-state index in [1.54, 1.807) is 18.9 Å². The minimum Gasteiger partial charge on any atom is -0.493 e. The second-order valence-electron chi connectivity index (χ2n) is 7.43. The van der Waals surface area contributed by atoms with E-state index in [-0.39, 0.29) is 11.8 Å². The van der Waals surface area contributed by atoms with Gasteiger partial charge in [-0.2, -0.15) is 9.78 Å². The number of nitrogens with one attached hydrogen (secondary N) is 1. The number of aryl methyl sites for hydroxylation is 1. The lowest BCUT2D eigenvalue weighted by Crippen LogP contribution is -2.24. The Morgan fingerprint density at radius 1 is 1.13 bits per heavy atom. The Hall–Kier alpha value is -2.87. The lowest BCUT2D eigenvalue weighted by Gasteiger charge is -2.15. The number of rotatable bonds is 10. The van der Waals surface area contributed by atoms with E-state index < -0.39 is 0 Å². The molecule has 8 heteroatoms. The first-order valence-corrected chi connectivity index (χ1v) is 11.4. The zero-order valence-electron chi connectivity index (χ0n) is 18.8. The molecule has 1 aromatic carbocycles. The van der Waals surface area contributed by atoms with Crippen molar-refractivity contribution in [3.63, 3.8) is 0 Å². The molecule has 3 rings (SSSR count). The summed E-state index contributed by atoms with van der Waals surface area (Å²) in [5, 5.41) is 10.3. The van der Waals surface area contributed by atoms with E-state index >= 15 is 0 Å². The van der Waals surface area contributed by atoms with Crippen LogP contribution >= 0.6 is 11.3 Å². The number of nitrogens with zero attached hydrogens (tertiary/aromatic N) is 3. The summed E-state index contributed by atoms with van der Waals surface area (Å²) in [6.45, 7) is 6.12. The van der Waals surface area contributed by atoms with Crippen LogP contribution in [-0.2, 0) is 4.79 Å². The number of amides is 1. The standard InChI is InChI=1S/C23H30N4O3S/c1-6-8-16(9-7-2)22(28)25-21-12-15(3)26-27(21)23-24-18(14-31-23)17-10-11-19(29-4)20(13-17)30-5/h10-14,16H,6-9H2,1-5H3,(H,25,28). The zero-order valence-corrected chi connectivity index (χ0v) is 19.6. The highest BCUT2D eigenvalue weighted by atomic mass is 32.1. The van der Waals surface area contributed by atoms with Crippen molar-refractivity contribution >= 4 is 23.1 Å². The van der Waals surface area contributed by atoms with Crippen molar-refractivity contribution in [2.45, 2.75) is 46.5 Å². The summed E-state index contributed by atoms with van der Waals surface area (Å²) in [5.41, 5.74) is 2.54. The fourth-order valence-electron chi connectivity index (χ4n) is 3.56. The molecule has 7 nitrogen and oxygen atoms in total. The molecule has 0 fully saturated rings. The first-order valence-electron chi connectivity index (χ1n) is 10.6. The molecule has 0 saturated heterocycles. The molecule has 0 aliphatic carbocycles. The maximum atomic E-state index is 12.8. The zero-order chi connectivity index (χ0) is 22.4. The van der Waals surface area contributed by atoms with Gasteiger partial charge in [-0.1, -0.05) is 26.7 Å². The van der Waals surface area contributed by atoms with Crippen LogP contribution in [0.1, 0.15) is 45.2 Å². The number of benzene rings is 1. The Morgan fingerprint density at radius 2 is 1.84 bits per heavy atom. The van der Waals surface area contributed by atoms with Gasteiger partial charge in [-0.25, -0.2) is 4.98 Å². The Labute approximate surface area is 187 Å². The van der Waals surface area contributed by atoms with Crippen LogP contribution in [-0.4, -0.2) is 34.9 Å². The van der Waals surface area contributed by atoms with Gasteiger partial charge in [0, 0.05) is 22.9 Å². The Bertz CT molecular complexity index is 1020. The van der Waals surface area contributed by atoms with Crippen molar-refractivity contribution < 1.29 is 14.3 Å². The first kappa shape index (κ1) is 22.8. The van der Waals surface area contributed by atoms with Gasteiger partial charge < -0.3 is 14.8 Å². The van der Waals surface area contributed by atoms with Crippen LogP contribution in [0.4, 0.5) is 5.82 Å². The molecule has 0 aliphatic heterocycles. The lowest BCUT2D eigenvalue weighted by atomic mass is 9.97. The van der Waals surface area contributed by atoms with Crippen LogP contribution in [0.25, 0.3) is 16.4 Å². The summed E-state index contributed by atoms with van der Waals surface area (Å²) in [7, 11) is 3.22. The van der Waals surface area contributed by atoms with E-state index in [9.17, 15) is 4.79 Å². The number of aromatic nitrogens is 3. The predicted molar refractivity (Wildman–Crippen MR) is 124 cm³/mol. The van der Waals surface area contributed by atoms with Gasteiger partial charge in [0.15, 0.2) is 11.5 Å². The fourth-order valence-corrected chi connectivity index (χ4v) is 4.35. The molecule has 0 unspecified atom stereocenters. The number of carbonyl (C=O) groups excluding carboxylic acids is 1. The predicted octanol–water partition coefficient (Wildman–Crippen LogP) is 5.48. The molecule has 0 bridgehead atoms. The molecule has 0 spiro atoms. The second kappa shape index (κ2) is 10.4. The van der Waals surface area contributed by atoms with Crippen LogP contribution in [0, 0.1) is 12.8 Å². The van der Waals surface area contributed by atoms with Gasteiger partial charge in [0.25, 0.3) is 0 Å². The summed E-state index contributed by atoms with van der Waals surface area (Å²) in [4.78, 5) is 17.6. The first-order chi connectivity index (χ1) is 15.0. The molecular formula is C23H30N4O3S. The van der Waals surface area contributed by atoms with Crippen LogP contribution in [0.3, 0.4) is 0 Å². The third kappa shape index (κ3) is 5.25. The van der Waals surface area contributed by atoms with Crippen molar-refractivity contribution in [1.82, 2.24) is 14.8 Å². The van der Waals surface area contributed by atoms with Crippen molar-refractivity contribution in [2.75, 3.05) is 19.5 Å². The Balaban J connectivity index is 1.87. The average molecular weight is 443 g/mol. The molecule has 1 N–H and O–H groups in total. The highest BCUT2D eigenvalue weighted by Crippen LogP contribution is 2.33. The summed E-state index contributed by atoms with van der Waals surface area (Å²) >= 11 is 1.47. The third-order valence-electron chi connectivity index (χ3n) is 5.08. The van der Waals surface area contributed by atoms with E-state index in [2.05, 4.69) is 24.3 Å². The van der Waals surface area contributed by atoms with Crippen LogP contribution in [0.5, 0.6) is 11.5 Å². The maximum absolute atomic E-state index is 12.8. The average Bonchev–Trinajstić information content (AvgIpc) is 3.39. The number of ether oxygens (including phenoxy) is 2. The molecule has 2 aromatic heterocycles. The van der Waals surface area contributed by atoms with Gasteiger partial charge in [-0.3, -0.25) is 4.79 Å². The summed E-state index contributed by atoms with van der Waals surface area (Å²) in [6, 6.07) is 7.58. The van der Waals surface area contributed by atoms with Crippen molar-refractivity contribution in [3.8, 4) is 27.9 Å². The SMILES string of the molecule is CCCC(CCC)C(=O)Nc1cc(C)nn1-c1nc(-c2ccc(OC)c(OC)c2)cs1. The molecule has 0 saturated carbocycles. The molecular weight excluding hydrogens is 412 g/mol. The van der Waals surface area contributed by atoms with Gasteiger partial charge in [-0.05, 0) is 38.0 Å².